The fourth-order valence-electron chi connectivity index (χ4n) is 3.07. The molecule has 166 valence electrons. The zero-order chi connectivity index (χ0) is 23.2. The molecule has 0 radical (unpaired) electrons. The molecule has 4 N–H and O–H groups in total. The maximum atomic E-state index is 10.3. The second kappa shape index (κ2) is 9.85. The highest BCUT2D eigenvalue weighted by molar-refractivity contribution is 5.88. The molecule has 0 bridgehead atoms. The van der Waals surface area contributed by atoms with E-state index in [1.165, 1.54) is 0 Å². The molecule has 2 aromatic heterocycles. The minimum atomic E-state index is -2.74. The number of aliphatic hydroxyl groups is 1. The van der Waals surface area contributed by atoms with Crippen molar-refractivity contribution in [2.75, 3.05) is 0 Å². The van der Waals surface area contributed by atoms with Crippen LogP contribution in [0, 0.1) is 5.92 Å². The average molecular weight is 433 g/mol. The number of imidazole rings is 1. The molecule has 0 aliphatic heterocycles. The van der Waals surface area contributed by atoms with Gasteiger partial charge in [-0.15, -0.1) is 0 Å². The highest BCUT2D eigenvalue weighted by Gasteiger charge is 2.40. The first-order valence-electron chi connectivity index (χ1n) is 9.26. The van der Waals surface area contributed by atoms with Crippen LogP contribution in [0.25, 0.3) is 11.0 Å². The van der Waals surface area contributed by atoms with E-state index >= 15 is 0 Å². The SMILES string of the molecule is CC(C)C(c1noc2ccccc12)n1ccnc1.O=C(O)CC(O)(CC(=O)O)C(=O)O. The van der Waals surface area contributed by atoms with Gasteiger partial charge in [-0.2, -0.15) is 0 Å². The van der Waals surface area contributed by atoms with Crippen LogP contribution >= 0.6 is 0 Å². The molecule has 11 nitrogen and oxygen atoms in total. The van der Waals surface area contributed by atoms with Crippen LogP contribution in [0.5, 0.6) is 0 Å². The van der Waals surface area contributed by atoms with Gasteiger partial charge in [0.25, 0.3) is 0 Å². The van der Waals surface area contributed by atoms with Crippen LogP contribution in [0.2, 0.25) is 0 Å². The monoisotopic (exact) mass is 433 g/mol. The Labute approximate surface area is 176 Å². The number of carboxylic acids is 3. The lowest BCUT2D eigenvalue weighted by Crippen LogP contribution is -2.42. The number of aliphatic carboxylic acids is 3. The van der Waals surface area contributed by atoms with Crippen LogP contribution < -0.4 is 0 Å². The van der Waals surface area contributed by atoms with Crippen molar-refractivity contribution < 1.29 is 39.3 Å². The van der Waals surface area contributed by atoms with Crippen molar-refractivity contribution in [3.8, 4) is 0 Å². The van der Waals surface area contributed by atoms with Crippen LogP contribution in [0.15, 0.2) is 47.5 Å². The first-order chi connectivity index (χ1) is 14.5. The van der Waals surface area contributed by atoms with Gasteiger partial charge in [0.2, 0.25) is 0 Å². The van der Waals surface area contributed by atoms with Gasteiger partial charge in [0.05, 0.1) is 25.2 Å². The number of carboxylic acid groups (broad SMARTS) is 3. The third-order valence-corrected chi connectivity index (χ3v) is 4.45. The smallest absolute Gasteiger partial charge is 0.336 e. The lowest BCUT2D eigenvalue weighted by molar-refractivity contribution is -0.170. The summed E-state index contributed by atoms with van der Waals surface area (Å²) in [7, 11) is 0. The van der Waals surface area contributed by atoms with Gasteiger partial charge in [-0.25, -0.2) is 9.78 Å². The molecule has 0 saturated carbocycles. The molecule has 3 aromatic rings. The van der Waals surface area contributed by atoms with Gasteiger partial charge >= 0.3 is 17.9 Å². The third-order valence-electron chi connectivity index (χ3n) is 4.45. The summed E-state index contributed by atoms with van der Waals surface area (Å²) in [5.74, 6) is -4.61. The molecule has 0 spiro atoms. The zero-order valence-electron chi connectivity index (χ0n) is 16.9. The second-order valence-corrected chi connectivity index (χ2v) is 7.24. The Bertz CT molecular complexity index is 1030. The average Bonchev–Trinajstić information content (AvgIpc) is 3.32. The Balaban J connectivity index is 0.000000235. The van der Waals surface area contributed by atoms with Crippen LogP contribution in [0.4, 0.5) is 0 Å². The quantitative estimate of drug-likeness (QED) is 0.411. The molecule has 1 atom stereocenters. The van der Waals surface area contributed by atoms with Crippen molar-refractivity contribution in [2.24, 2.45) is 5.92 Å². The van der Waals surface area contributed by atoms with Gasteiger partial charge in [-0.1, -0.05) is 31.1 Å². The Morgan fingerprint density at radius 2 is 1.71 bits per heavy atom. The van der Waals surface area contributed by atoms with E-state index in [0.29, 0.717) is 5.92 Å². The number of rotatable bonds is 8. The summed E-state index contributed by atoms with van der Waals surface area (Å²) in [6, 6.07) is 8.11. The van der Waals surface area contributed by atoms with E-state index in [1.807, 2.05) is 36.8 Å². The topological polar surface area (TPSA) is 176 Å². The van der Waals surface area contributed by atoms with E-state index in [0.717, 1.165) is 16.7 Å². The number of carbonyl (C=O) groups is 3. The highest BCUT2D eigenvalue weighted by atomic mass is 16.5. The maximum Gasteiger partial charge on any atom is 0.336 e. The molecule has 0 saturated heterocycles. The third kappa shape index (κ3) is 5.89. The molecule has 2 heterocycles. The molecule has 1 aromatic carbocycles. The van der Waals surface area contributed by atoms with Gasteiger partial charge in [-0.05, 0) is 18.1 Å². The van der Waals surface area contributed by atoms with Crippen LogP contribution in [0.3, 0.4) is 0 Å². The van der Waals surface area contributed by atoms with Crippen molar-refractivity contribution in [2.45, 2.75) is 38.3 Å². The number of nitrogens with zero attached hydrogens (tertiary/aromatic N) is 3. The maximum absolute atomic E-state index is 10.3. The van der Waals surface area contributed by atoms with E-state index < -0.39 is 36.4 Å². The second-order valence-electron chi connectivity index (χ2n) is 7.24. The molecular formula is C20H23N3O8. The Morgan fingerprint density at radius 1 is 1.10 bits per heavy atom. The Hall–Kier alpha value is -3.73. The molecule has 0 aliphatic carbocycles. The van der Waals surface area contributed by atoms with Crippen molar-refractivity contribution >= 4 is 28.9 Å². The molecule has 3 rings (SSSR count). The Morgan fingerprint density at radius 3 is 2.19 bits per heavy atom. The first-order valence-corrected chi connectivity index (χ1v) is 9.26. The van der Waals surface area contributed by atoms with E-state index in [4.69, 9.17) is 24.9 Å². The normalized spacial score (nSPS) is 12.3. The van der Waals surface area contributed by atoms with Crippen molar-refractivity contribution in [3.63, 3.8) is 0 Å². The predicted octanol–water partition coefficient (Wildman–Crippen LogP) is 2.02. The van der Waals surface area contributed by atoms with Crippen LogP contribution in [-0.2, 0) is 14.4 Å². The van der Waals surface area contributed by atoms with Gasteiger partial charge < -0.3 is 29.5 Å². The van der Waals surface area contributed by atoms with Crippen molar-refractivity contribution in [1.82, 2.24) is 14.7 Å². The summed E-state index contributed by atoms with van der Waals surface area (Å²) in [6.07, 6.45) is 3.29. The summed E-state index contributed by atoms with van der Waals surface area (Å²) < 4.78 is 7.47. The summed E-state index contributed by atoms with van der Waals surface area (Å²) in [5.41, 5.74) is -0.936. The van der Waals surface area contributed by atoms with Gasteiger partial charge in [0, 0.05) is 17.8 Å². The lowest BCUT2D eigenvalue weighted by Gasteiger charge is -2.20. The van der Waals surface area contributed by atoms with Gasteiger partial charge in [-0.3, -0.25) is 9.59 Å². The summed E-state index contributed by atoms with van der Waals surface area (Å²) in [6.45, 7) is 4.35. The van der Waals surface area contributed by atoms with Crippen LogP contribution in [-0.4, -0.2) is 58.6 Å². The van der Waals surface area contributed by atoms with E-state index in [9.17, 15) is 14.4 Å². The minimum Gasteiger partial charge on any atom is -0.481 e. The minimum absolute atomic E-state index is 0.149. The molecule has 31 heavy (non-hydrogen) atoms. The molecular weight excluding hydrogens is 410 g/mol. The number of hydrogen-bond acceptors (Lipinski definition) is 7. The number of aromatic nitrogens is 3. The molecule has 0 amide bonds. The van der Waals surface area contributed by atoms with Crippen molar-refractivity contribution in [1.29, 1.82) is 0 Å². The number of para-hydroxylation sites is 1. The lowest BCUT2D eigenvalue weighted by atomic mass is 9.96. The fraction of sp³-hybridized carbons (Fsp3) is 0.350. The van der Waals surface area contributed by atoms with Gasteiger partial charge in [0.15, 0.2) is 11.2 Å². The molecule has 1 unspecified atom stereocenters. The Kier molecular flexibility index (Phi) is 7.48. The largest absolute Gasteiger partial charge is 0.481 e. The highest BCUT2D eigenvalue weighted by Crippen LogP contribution is 2.31. The summed E-state index contributed by atoms with van der Waals surface area (Å²) >= 11 is 0. The predicted molar refractivity (Wildman–Crippen MR) is 106 cm³/mol. The van der Waals surface area contributed by atoms with E-state index in [1.54, 1.807) is 6.20 Å². The molecule has 11 heteroatoms. The van der Waals surface area contributed by atoms with E-state index in [2.05, 4.69) is 28.6 Å². The summed E-state index contributed by atoms with van der Waals surface area (Å²) in [4.78, 5) is 34.6. The number of fused-ring (bicyclic) bond motifs is 1. The fourth-order valence-corrected chi connectivity index (χ4v) is 3.07. The van der Waals surface area contributed by atoms with Crippen molar-refractivity contribution in [3.05, 3.63) is 48.7 Å². The zero-order valence-corrected chi connectivity index (χ0v) is 16.9. The van der Waals surface area contributed by atoms with Crippen LogP contribution in [0.1, 0.15) is 38.4 Å². The number of benzene rings is 1. The van der Waals surface area contributed by atoms with E-state index in [-0.39, 0.29) is 6.04 Å². The molecule has 0 fully saturated rings. The standard InChI is InChI=1S/C14H15N3O.C6H8O7/c1-10(2)14(17-8-7-15-9-17)13-11-5-3-4-6-12(11)18-16-13;7-3(8)1-6(13,5(11)12)2-4(9)10/h3-10,14H,1-2H3;13H,1-2H2,(H,7,8)(H,9,10)(H,11,12). The summed E-state index contributed by atoms with van der Waals surface area (Å²) in [5, 5.41) is 39.1. The number of hydrogen-bond donors (Lipinski definition) is 4. The molecule has 0 aliphatic rings. The first kappa shape index (κ1) is 23.5. The van der Waals surface area contributed by atoms with Gasteiger partial charge in [0.1, 0.15) is 5.69 Å².